The number of aromatic amines is 1. The van der Waals surface area contributed by atoms with E-state index in [0.29, 0.717) is 23.1 Å². The van der Waals surface area contributed by atoms with Crippen molar-refractivity contribution in [1.29, 1.82) is 0 Å². The van der Waals surface area contributed by atoms with E-state index < -0.39 is 0 Å². The van der Waals surface area contributed by atoms with Gasteiger partial charge in [-0.05, 0) is 32.0 Å². The highest BCUT2D eigenvalue weighted by molar-refractivity contribution is 6.00. The summed E-state index contributed by atoms with van der Waals surface area (Å²) in [5.41, 5.74) is 10.5. The van der Waals surface area contributed by atoms with E-state index in [-0.39, 0.29) is 6.04 Å². The van der Waals surface area contributed by atoms with Crippen molar-refractivity contribution in [3.05, 3.63) is 49.2 Å². The molecule has 9 nitrogen and oxygen atoms in total. The second-order valence-corrected chi connectivity index (χ2v) is 7.05. The largest absolute Gasteiger partial charge is 0.383 e. The molecule has 9 heteroatoms. The van der Waals surface area contributed by atoms with Gasteiger partial charge in [-0.15, -0.1) is 0 Å². The summed E-state index contributed by atoms with van der Waals surface area (Å²) in [4.78, 5) is 20.3. The Hall–Kier alpha value is -4.01. The van der Waals surface area contributed by atoms with Crippen LogP contribution >= 0.6 is 0 Å². The topological polar surface area (TPSA) is 123 Å². The molecule has 0 radical (unpaired) electrons. The molecule has 0 atom stereocenters. The van der Waals surface area contributed by atoms with Crippen LogP contribution in [-0.2, 0) is 0 Å². The number of H-pyrrole nitrogens is 1. The van der Waals surface area contributed by atoms with Gasteiger partial charge in [-0.1, -0.05) is 6.07 Å². The molecule has 0 spiro atoms. The smallest absolute Gasteiger partial charge is 0.231 e. The Kier molecular flexibility index (Phi) is 3.87. The lowest BCUT2D eigenvalue weighted by molar-refractivity contribution is 0.548. The van der Waals surface area contributed by atoms with Crippen LogP contribution in [0.25, 0.3) is 33.2 Å². The molecule has 0 amide bonds. The van der Waals surface area contributed by atoms with E-state index in [1.807, 2.05) is 29.1 Å². The maximum Gasteiger partial charge on any atom is 0.231 e. The maximum atomic E-state index is 6.37. The molecule has 5 aromatic rings. The molecule has 0 fully saturated rings. The lowest BCUT2D eigenvalue weighted by Gasteiger charge is -2.08. The van der Waals surface area contributed by atoms with Gasteiger partial charge < -0.3 is 16.0 Å². The molecule has 0 aliphatic rings. The average molecular weight is 385 g/mol. The quantitative estimate of drug-likeness (QED) is 0.431. The van der Waals surface area contributed by atoms with Gasteiger partial charge in [0.15, 0.2) is 5.65 Å². The molecule has 0 saturated heterocycles. The summed E-state index contributed by atoms with van der Waals surface area (Å²) >= 11 is 0. The fraction of sp³-hybridized carbons (Fsp3) is 0.150. The number of anilines is 3. The molecule has 0 aliphatic heterocycles. The van der Waals surface area contributed by atoms with E-state index in [1.165, 1.54) is 6.33 Å². The number of hydrogen-bond acceptors (Lipinski definition) is 7. The Labute approximate surface area is 166 Å². The molecule has 144 valence electrons. The first-order chi connectivity index (χ1) is 14.1. The lowest BCUT2D eigenvalue weighted by Crippen LogP contribution is -2.06. The predicted octanol–water partition coefficient (Wildman–Crippen LogP) is 3.67. The minimum atomic E-state index is 0.101. The fourth-order valence-corrected chi connectivity index (χ4v) is 3.38. The predicted molar refractivity (Wildman–Crippen MR) is 113 cm³/mol. The van der Waals surface area contributed by atoms with Gasteiger partial charge in [-0.2, -0.15) is 15.1 Å². The fourth-order valence-electron chi connectivity index (χ4n) is 3.38. The summed E-state index contributed by atoms with van der Waals surface area (Å²) in [5, 5.41) is 9.78. The molecule has 4 N–H and O–H groups in total. The molecule has 4 heterocycles. The van der Waals surface area contributed by atoms with E-state index in [2.05, 4.69) is 50.2 Å². The highest BCUT2D eigenvalue weighted by atomic mass is 15.3. The summed E-state index contributed by atoms with van der Waals surface area (Å²) in [6, 6.07) is 8.28. The Bertz CT molecular complexity index is 1320. The molecule has 4 aromatic heterocycles. The molecule has 0 bridgehead atoms. The standard InChI is InChI=1S/C20H19N9/c1-11(2)29-19-16(17(28-29)13-3-4-15-12(7-13)5-6-24-15)18(21)26-20(27-19)25-14-8-22-10-23-9-14/h3-11,24H,1-2H3,(H3,21,25,26,27). The Morgan fingerprint density at radius 2 is 1.93 bits per heavy atom. The van der Waals surface area contributed by atoms with Crippen LogP contribution in [0.15, 0.2) is 49.2 Å². The van der Waals surface area contributed by atoms with Gasteiger partial charge in [0.1, 0.15) is 17.8 Å². The highest BCUT2D eigenvalue weighted by Gasteiger charge is 2.20. The van der Waals surface area contributed by atoms with Gasteiger partial charge in [0.05, 0.1) is 23.5 Å². The van der Waals surface area contributed by atoms with Crippen molar-refractivity contribution in [1.82, 2.24) is 34.7 Å². The maximum absolute atomic E-state index is 6.37. The molecule has 1 aromatic carbocycles. The van der Waals surface area contributed by atoms with Crippen molar-refractivity contribution in [3.8, 4) is 11.3 Å². The van der Waals surface area contributed by atoms with Gasteiger partial charge in [0.2, 0.25) is 5.95 Å². The third-order valence-electron chi connectivity index (χ3n) is 4.71. The second-order valence-electron chi connectivity index (χ2n) is 7.05. The van der Waals surface area contributed by atoms with Crippen LogP contribution in [0, 0.1) is 0 Å². The number of aromatic nitrogens is 7. The third kappa shape index (κ3) is 2.92. The summed E-state index contributed by atoms with van der Waals surface area (Å²) in [6.45, 7) is 4.12. The van der Waals surface area contributed by atoms with Crippen LogP contribution in [0.1, 0.15) is 19.9 Å². The number of nitrogens with two attached hydrogens (primary N) is 1. The first-order valence-electron chi connectivity index (χ1n) is 9.25. The van der Waals surface area contributed by atoms with Gasteiger partial charge in [-0.25, -0.2) is 14.6 Å². The monoisotopic (exact) mass is 385 g/mol. The van der Waals surface area contributed by atoms with Gasteiger partial charge in [-0.3, -0.25) is 0 Å². The minimum Gasteiger partial charge on any atom is -0.383 e. The van der Waals surface area contributed by atoms with Gasteiger partial charge in [0.25, 0.3) is 0 Å². The SMILES string of the molecule is CC(C)n1nc(-c2ccc3[nH]ccc3c2)c2c(N)nc(Nc3cncnc3)nc21. The number of fused-ring (bicyclic) bond motifs is 2. The van der Waals surface area contributed by atoms with Crippen LogP contribution in [-0.4, -0.2) is 34.7 Å². The Balaban J connectivity index is 1.69. The number of benzene rings is 1. The van der Waals surface area contributed by atoms with E-state index in [0.717, 1.165) is 27.5 Å². The normalized spacial score (nSPS) is 11.6. The van der Waals surface area contributed by atoms with Crippen LogP contribution in [0.3, 0.4) is 0 Å². The zero-order chi connectivity index (χ0) is 20.0. The average Bonchev–Trinajstić information content (AvgIpc) is 3.33. The van der Waals surface area contributed by atoms with Crippen molar-refractivity contribution in [3.63, 3.8) is 0 Å². The number of rotatable bonds is 4. The molecule has 5 rings (SSSR count). The summed E-state index contributed by atoms with van der Waals surface area (Å²) < 4.78 is 1.87. The Morgan fingerprint density at radius 1 is 1.10 bits per heavy atom. The molecule has 29 heavy (non-hydrogen) atoms. The zero-order valence-electron chi connectivity index (χ0n) is 16.0. The number of nitrogens with zero attached hydrogens (tertiary/aromatic N) is 6. The molecular weight excluding hydrogens is 366 g/mol. The number of nitrogens with one attached hydrogen (secondary N) is 2. The van der Waals surface area contributed by atoms with Gasteiger partial charge >= 0.3 is 0 Å². The molecule has 0 saturated carbocycles. The minimum absolute atomic E-state index is 0.101. The van der Waals surface area contributed by atoms with E-state index in [9.17, 15) is 0 Å². The second kappa shape index (κ2) is 6.55. The van der Waals surface area contributed by atoms with E-state index in [4.69, 9.17) is 10.8 Å². The number of nitrogen functional groups attached to an aromatic ring is 1. The molecule has 0 unspecified atom stereocenters. The third-order valence-corrected chi connectivity index (χ3v) is 4.71. The van der Waals surface area contributed by atoms with Crippen molar-refractivity contribution in [2.24, 2.45) is 0 Å². The summed E-state index contributed by atoms with van der Waals surface area (Å²) in [6.07, 6.45) is 6.68. The van der Waals surface area contributed by atoms with Crippen LogP contribution in [0.2, 0.25) is 0 Å². The van der Waals surface area contributed by atoms with Crippen molar-refractivity contribution < 1.29 is 0 Å². The van der Waals surface area contributed by atoms with Crippen molar-refractivity contribution in [2.45, 2.75) is 19.9 Å². The van der Waals surface area contributed by atoms with Crippen LogP contribution in [0.4, 0.5) is 17.5 Å². The van der Waals surface area contributed by atoms with Crippen molar-refractivity contribution >= 4 is 39.4 Å². The molecule has 0 aliphatic carbocycles. The first kappa shape index (κ1) is 17.1. The van der Waals surface area contributed by atoms with E-state index in [1.54, 1.807) is 12.4 Å². The Morgan fingerprint density at radius 3 is 2.72 bits per heavy atom. The van der Waals surface area contributed by atoms with E-state index >= 15 is 0 Å². The van der Waals surface area contributed by atoms with Crippen LogP contribution in [0.5, 0.6) is 0 Å². The zero-order valence-corrected chi connectivity index (χ0v) is 16.0. The lowest BCUT2D eigenvalue weighted by atomic mass is 10.1. The highest BCUT2D eigenvalue weighted by Crippen LogP contribution is 2.34. The van der Waals surface area contributed by atoms with Crippen molar-refractivity contribution in [2.75, 3.05) is 11.1 Å². The molecular formula is C20H19N9. The number of hydrogen-bond donors (Lipinski definition) is 3. The van der Waals surface area contributed by atoms with Crippen LogP contribution < -0.4 is 11.1 Å². The summed E-state index contributed by atoms with van der Waals surface area (Å²) in [7, 11) is 0. The summed E-state index contributed by atoms with van der Waals surface area (Å²) in [5.74, 6) is 0.740. The first-order valence-corrected chi connectivity index (χ1v) is 9.25. The van der Waals surface area contributed by atoms with Gasteiger partial charge in [0, 0.05) is 28.7 Å².